The van der Waals surface area contributed by atoms with Crippen LogP contribution in [-0.2, 0) is 52.2 Å². The molecule has 0 heterocycles. The van der Waals surface area contributed by atoms with E-state index in [1.165, 1.54) is 11.1 Å². The van der Waals surface area contributed by atoms with Crippen molar-refractivity contribution >= 4 is 38.3 Å². The van der Waals surface area contributed by atoms with Gasteiger partial charge in [-0.05, 0) is 69.9 Å². The Morgan fingerprint density at radius 2 is 0.776 bits per heavy atom. The Morgan fingerprint density at radius 3 is 1.07 bits per heavy atom. The van der Waals surface area contributed by atoms with Crippen LogP contribution >= 0.6 is 8.46 Å². The molecule has 0 atom stereocenters. The van der Waals surface area contributed by atoms with E-state index >= 15 is 0 Å². The maximum Gasteiger partial charge on any atom is 0.339 e. The fourth-order valence-electron chi connectivity index (χ4n) is 4.60. The monoisotopic (exact) mass is 843 g/mol. The minimum Gasteiger partial charge on any atom is -0.466 e. The molecule has 0 aliphatic rings. The van der Waals surface area contributed by atoms with Crippen molar-refractivity contribution in [3.63, 3.8) is 0 Å². The fraction of sp³-hybridized carbons (Fsp3) is 0.756. The minimum atomic E-state index is -2.26. The third-order valence-electron chi connectivity index (χ3n) is 8.47. The van der Waals surface area contributed by atoms with Gasteiger partial charge >= 0.3 is 29.8 Å². The summed E-state index contributed by atoms with van der Waals surface area (Å²) in [5.41, 5.74) is 0.473. The molecule has 0 fully saturated rings. The molecule has 0 saturated carbocycles. The number of carbonyl (C=O) groups excluding carboxylic acids is 5. The fourth-order valence-corrected chi connectivity index (χ4v) is 4.60. The second-order valence-electron chi connectivity index (χ2n) is 14.1. The number of aryl methyl sites for hydroxylation is 2. The number of hydrogen-bond acceptors (Lipinski definition) is 12. The Labute approximate surface area is 352 Å². The van der Waals surface area contributed by atoms with Crippen molar-refractivity contribution in [1.82, 2.24) is 0 Å². The lowest BCUT2D eigenvalue weighted by molar-refractivity contribution is -0.178. The Bertz CT molecular complexity index is 1120. The Hall–Kier alpha value is -3.37. The molecule has 1 aromatic rings. The van der Waals surface area contributed by atoms with Crippen LogP contribution in [0, 0.1) is 13.8 Å². The van der Waals surface area contributed by atoms with Gasteiger partial charge < -0.3 is 28.8 Å². The molecule has 13 heteroatoms. The topological polar surface area (TPSA) is 169 Å². The molecule has 1 rings (SSSR count). The second-order valence-corrected chi connectivity index (χ2v) is 14.4. The summed E-state index contributed by atoms with van der Waals surface area (Å²) in [4.78, 5) is 58.6. The largest absolute Gasteiger partial charge is 0.466 e. The van der Waals surface area contributed by atoms with Gasteiger partial charge in [-0.15, -0.1) is 0 Å². The van der Waals surface area contributed by atoms with E-state index < -0.39 is 36.4 Å². The highest BCUT2D eigenvalue weighted by Crippen LogP contribution is 2.20. The standard InChI is InChI=1S/C18H32O7.C18H34O4.C8H10.CH3OP/c1-4-7-10-23-15(19)13-18(22,17(21)25-12-9-6-3)14-16(20)24-11-8-5-2;1-3-5-15-21-17(19)13-11-9-7-8-10-12-14-18(20)22-16-6-4-2;1-7-5-3-4-6-8(7)2;1-3-2/h22H,4-14H2,1-3H3;3-16H2,1-2H3;3-6H,1-2H3;1H3. The molecule has 0 radical (unpaired) electrons. The molecule has 12 nitrogen and oxygen atoms in total. The third kappa shape index (κ3) is 39.5. The highest BCUT2D eigenvalue weighted by atomic mass is 31.1. The predicted octanol–water partition coefficient (Wildman–Crippen LogP) is 10.5. The van der Waals surface area contributed by atoms with Crippen LogP contribution in [0.15, 0.2) is 24.3 Å². The van der Waals surface area contributed by atoms with E-state index in [9.17, 15) is 29.1 Å². The van der Waals surface area contributed by atoms with E-state index in [-0.39, 0.29) is 40.2 Å². The van der Waals surface area contributed by atoms with Crippen LogP contribution in [0.5, 0.6) is 0 Å². The quantitative estimate of drug-likeness (QED) is 0.0351. The van der Waals surface area contributed by atoms with Crippen molar-refractivity contribution in [2.45, 2.75) is 182 Å². The van der Waals surface area contributed by atoms with E-state index in [1.807, 2.05) is 20.8 Å². The number of unbranched alkanes of at least 4 members (excludes halogenated alkanes) is 10. The first-order valence-electron chi connectivity index (χ1n) is 21.6. The molecule has 1 N–H and O–H groups in total. The second kappa shape index (κ2) is 43.2. The smallest absolute Gasteiger partial charge is 0.339 e. The molecule has 0 aliphatic heterocycles. The van der Waals surface area contributed by atoms with E-state index in [2.05, 4.69) is 52.0 Å². The lowest BCUT2D eigenvalue weighted by Gasteiger charge is -2.24. The van der Waals surface area contributed by atoms with Crippen molar-refractivity contribution < 1.29 is 57.3 Å². The van der Waals surface area contributed by atoms with E-state index in [0.29, 0.717) is 45.3 Å². The number of carbonyl (C=O) groups is 5. The zero-order valence-corrected chi connectivity index (χ0v) is 38.3. The number of rotatable bonds is 29. The van der Waals surface area contributed by atoms with Gasteiger partial charge in [0.2, 0.25) is 0 Å². The Morgan fingerprint density at radius 1 is 0.500 bits per heavy atom. The first-order chi connectivity index (χ1) is 27.8. The maximum absolute atomic E-state index is 12.2. The van der Waals surface area contributed by atoms with Crippen molar-refractivity contribution in [2.24, 2.45) is 0 Å². The van der Waals surface area contributed by atoms with Gasteiger partial charge in [0.25, 0.3) is 0 Å². The van der Waals surface area contributed by atoms with Gasteiger partial charge in [-0.25, -0.2) is 4.79 Å². The first kappa shape index (κ1) is 58.9. The van der Waals surface area contributed by atoms with Crippen molar-refractivity contribution in [3.8, 4) is 0 Å². The zero-order valence-electron chi connectivity index (χ0n) is 37.4. The molecule has 0 amide bonds. The number of aliphatic hydroxyl groups is 1. The van der Waals surface area contributed by atoms with E-state index in [1.54, 1.807) is 6.66 Å². The molecule has 1 aromatic carbocycles. The third-order valence-corrected chi connectivity index (χ3v) is 8.47. The summed E-state index contributed by atoms with van der Waals surface area (Å²) >= 11 is 0. The number of ether oxygens (including phenoxy) is 5. The average Bonchev–Trinajstić information content (AvgIpc) is 3.18. The van der Waals surface area contributed by atoms with Gasteiger partial charge in [0.05, 0.1) is 45.9 Å². The van der Waals surface area contributed by atoms with Gasteiger partial charge in [0, 0.05) is 19.5 Å². The Kier molecular flexibility index (Phi) is 43.9. The summed E-state index contributed by atoms with van der Waals surface area (Å²) in [7, 11) is 0.167. The van der Waals surface area contributed by atoms with Gasteiger partial charge in [0.1, 0.15) is 0 Å². The van der Waals surface area contributed by atoms with Gasteiger partial charge in [-0.2, -0.15) is 0 Å². The van der Waals surface area contributed by atoms with Gasteiger partial charge in [-0.1, -0.05) is 117 Å². The summed E-state index contributed by atoms with van der Waals surface area (Å²) in [5.74, 6) is -2.62. The molecule has 336 valence electrons. The highest BCUT2D eigenvalue weighted by molar-refractivity contribution is 7.22. The van der Waals surface area contributed by atoms with Crippen LogP contribution in [0.1, 0.15) is 174 Å². The summed E-state index contributed by atoms with van der Waals surface area (Å²) < 4.78 is 34.1. The molecule has 0 spiro atoms. The highest BCUT2D eigenvalue weighted by Gasteiger charge is 2.43. The molecule has 0 bridgehead atoms. The molecular weight excluding hydrogens is 763 g/mol. The lowest BCUT2D eigenvalue weighted by atomic mass is 9.95. The van der Waals surface area contributed by atoms with Crippen molar-refractivity contribution in [3.05, 3.63) is 35.4 Å². The van der Waals surface area contributed by atoms with Crippen LogP contribution in [0.4, 0.5) is 0 Å². The minimum absolute atomic E-state index is 0.0664. The van der Waals surface area contributed by atoms with Gasteiger partial charge in [-0.3, -0.25) is 23.7 Å². The van der Waals surface area contributed by atoms with Crippen LogP contribution in [-0.4, -0.2) is 80.3 Å². The number of benzene rings is 1. The van der Waals surface area contributed by atoms with Crippen LogP contribution in [0.2, 0.25) is 0 Å². The summed E-state index contributed by atoms with van der Waals surface area (Å²) in [6.07, 6.45) is 14.5. The van der Waals surface area contributed by atoms with Crippen molar-refractivity contribution in [2.75, 3.05) is 39.7 Å². The van der Waals surface area contributed by atoms with E-state index in [0.717, 1.165) is 83.5 Å². The van der Waals surface area contributed by atoms with Crippen LogP contribution < -0.4 is 0 Å². The molecule has 0 aromatic heterocycles. The first-order valence-corrected chi connectivity index (χ1v) is 22.8. The average molecular weight is 843 g/mol. The molecule has 0 aliphatic carbocycles. The van der Waals surface area contributed by atoms with Crippen LogP contribution in [0.25, 0.3) is 0 Å². The molecule has 58 heavy (non-hydrogen) atoms. The molecular formula is C45H79O12P. The summed E-state index contributed by atoms with van der Waals surface area (Å²) in [5, 5.41) is 10.6. The lowest BCUT2D eigenvalue weighted by Crippen LogP contribution is -2.45. The van der Waals surface area contributed by atoms with E-state index in [4.69, 9.17) is 28.2 Å². The van der Waals surface area contributed by atoms with Gasteiger partial charge in [0.15, 0.2) is 14.1 Å². The summed E-state index contributed by atoms with van der Waals surface area (Å²) in [6.45, 7) is 17.4. The van der Waals surface area contributed by atoms with Crippen molar-refractivity contribution in [1.29, 1.82) is 0 Å². The Balaban J connectivity index is -0.000000829. The summed E-state index contributed by atoms with van der Waals surface area (Å²) in [6, 6.07) is 8.36. The normalized spacial score (nSPS) is 10.4. The maximum atomic E-state index is 12.2. The zero-order chi connectivity index (χ0) is 44.3. The molecule has 0 saturated heterocycles. The predicted molar refractivity (Wildman–Crippen MR) is 230 cm³/mol. The SMILES string of the molecule is CCCCOC(=O)CC(O)(CC(=O)OCCCC)C(=O)OCCCC.CCCCOC(=O)CCCCCCCCC(=O)OCCCC.CP=O.Cc1ccccc1C. The van der Waals surface area contributed by atoms with Crippen LogP contribution in [0.3, 0.4) is 0 Å². The number of hydrogen-bond donors (Lipinski definition) is 1. The number of esters is 5. The molecule has 0 unspecified atom stereocenters.